The van der Waals surface area contributed by atoms with E-state index in [4.69, 9.17) is 23.2 Å². The van der Waals surface area contributed by atoms with Gasteiger partial charge in [-0.3, -0.25) is 4.79 Å². The van der Waals surface area contributed by atoms with Crippen LogP contribution in [0.4, 0.5) is 0 Å². The molecule has 1 nitrogen and oxygen atoms in total. The number of ketones is 1. The summed E-state index contributed by atoms with van der Waals surface area (Å²) < 4.78 is 0. The third-order valence-electron chi connectivity index (χ3n) is 4.02. The molecule has 0 fully saturated rings. The lowest BCUT2D eigenvalue weighted by Gasteiger charge is -2.16. The van der Waals surface area contributed by atoms with Crippen molar-refractivity contribution in [2.24, 2.45) is 0 Å². The Balaban J connectivity index is 1.80. The van der Waals surface area contributed by atoms with E-state index in [9.17, 15) is 4.79 Å². The lowest BCUT2D eigenvalue weighted by atomic mass is 9.89. The van der Waals surface area contributed by atoms with E-state index in [0.29, 0.717) is 16.5 Å². The molecule has 3 rings (SSSR count). The number of rotatable bonds is 3. The van der Waals surface area contributed by atoms with E-state index in [1.165, 1.54) is 24.0 Å². The number of carbonyl (C=O) groups is 1. The number of carbonyl (C=O) groups excluding carboxylic acids is 1. The molecule has 3 heteroatoms. The van der Waals surface area contributed by atoms with E-state index in [2.05, 4.69) is 12.1 Å². The molecule has 0 bridgehead atoms. The van der Waals surface area contributed by atoms with Crippen LogP contribution in [0.3, 0.4) is 0 Å². The lowest BCUT2D eigenvalue weighted by Crippen LogP contribution is -2.08. The van der Waals surface area contributed by atoms with Crippen molar-refractivity contribution < 1.29 is 4.79 Å². The van der Waals surface area contributed by atoms with Gasteiger partial charge in [-0.2, -0.15) is 0 Å². The Morgan fingerprint density at radius 3 is 2.43 bits per heavy atom. The van der Waals surface area contributed by atoms with Crippen molar-refractivity contribution in [3.8, 4) is 0 Å². The normalized spacial score (nSPS) is 13.8. The fraction of sp³-hybridized carbons (Fsp3) is 0.278. The van der Waals surface area contributed by atoms with Crippen LogP contribution >= 0.6 is 23.2 Å². The van der Waals surface area contributed by atoms with Crippen molar-refractivity contribution in [2.45, 2.75) is 32.1 Å². The van der Waals surface area contributed by atoms with Gasteiger partial charge < -0.3 is 0 Å². The number of hydrogen-bond donors (Lipinski definition) is 0. The average Bonchev–Trinajstić information content (AvgIpc) is 2.50. The summed E-state index contributed by atoms with van der Waals surface area (Å²) in [6.45, 7) is 0. The first-order chi connectivity index (χ1) is 10.1. The van der Waals surface area contributed by atoms with Crippen molar-refractivity contribution in [1.82, 2.24) is 0 Å². The van der Waals surface area contributed by atoms with Gasteiger partial charge in [0.2, 0.25) is 0 Å². The first-order valence-electron chi connectivity index (χ1n) is 7.22. The molecule has 0 aromatic heterocycles. The third kappa shape index (κ3) is 3.30. The van der Waals surface area contributed by atoms with Crippen LogP contribution < -0.4 is 0 Å². The monoisotopic (exact) mass is 318 g/mol. The number of hydrogen-bond acceptors (Lipinski definition) is 1. The van der Waals surface area contributed by atoms with Gasteiger partial charge in [-0.1, -0.05) is 41.4 Å². The summed E-state index contributed by atoms with van der Waals surface area (Å²) in [6, 6.07) is 11.5. The van der Waals surface area contributed by atoms with Gasteiger partial charge in [-0.25, -0.2) is 0 Å². The number of Topliss-reactive ketones (excluding diaryl/α,β-unsaturated/α-hetero) is 1. The van der Waals surface area contributed by atoms with Crippen LogP contribution in [0.5, 0.6) is 0 Å². The van der Waals surface area contributed by atoms with E-state index in [0.717, 1.165) is 24.0 Å². The Kier molecular flexibility index (Phi) is 4.32. The van der Waals surface area contributed by atoms with Crippen molar-refractivity contribution in [1.29, 1.82) is 0 Å². The van der Waals surface area contributed by atoms with E-state index in [1.54, 1.807) is 12.1 Å². The van der Waals surface area contributed by atoms with Crippen molar-refractivity contribution >= 4 is 29.0 Å². The highest BCUT2D eigenvalue weighted by atomic mass is 35.5. The smallest absolute Gasteiger partial charge is 0.167 e. The van der Waals surface area contributed by atoms with Crippen LogP contribution in [0.1, 0.15) is 39.9 Å². The number of halogens is 2. The Bertz CT molecular complexity index is 692. The Hall–Kier alpha value is -1.31. The Morgan fingerprint density at radius 2 is 1.67 bits per heavy atom. The molecule has 108 valence electrons. The number of fused-ring (bicyclic) bond motifs is 1. The molecule has 21 heavy (non-hydrogen) atoms. The predicted molar refractivity (Wildman–Crippen MR) is 87.6 cm³/mol. The zero-order valence-corrected chi connectivity index (χ0v) is 13.2. The van der Waals surface area contributed by atoms with Gasteiger partial charge in [0, 0.05) is 12.0 Å². The maximum atomic E-state index is 12.4. The molecule has 0 aliphatic heterocycles. The molecule has 1 aliphatic carbocycles. The van der Waals surface area contributed by atoms with Crippen LogP contribution in [0.25, 0.3) is 0 Å². The van der Waals surface area contributed by atoms with Gasteiger partial charge in [0.25, 0.3) is 0 Å². The summed E-state index contributed by atoms with van der Waals surface area (Å²) >= 11 is 11.9. The minimum absolute atomic E-state index is 0.127. The highest BCUT2D eigenvalue weighted by Crippen LogP contribution is 2.25. The maximum Gasteiger partial charge on any atom is 0.167 e. The van der Waals surface area contributed by atoms with Crippen molar-refractivity contribution in [3.05, 3.63) is 68.7 Å². The quantitative estimate of drug-likeness (QED) is 0.702. The van der Waals surface area contributed by atoms with E-state index >= 15 is 0 Å². The largest absolute Gasteiger partial charge is 0.294 e. The highest BCUT2D eigenvalue weighted by Gasteiger charge is 2.13. The Morgan fingerprint density at radius 1 is 0.905 bits per heavy atom. The van der Waals surface area contributed by atoms with Crippen LogP contribution in [-0.2, 0) is 19.3 Å². The Labute approximate surface area is 134 Å². The molecule has 0 saturated heterocycles. The van der Waals surface area contributed by atoms with E-state index < -0.39 is 0 Å². The van der Waals surface area contributed by atoms with Gasteiger partial charge in [-0.15, -0.1) is 0 Å². The first kappa shape index (κ1) is 14.6. The number of benzene rings is 2. The molecule has 0 heterocycles. The average molecular weight is 319 g/mol. The third-order valence-corrected chi connectivity index (χ3v) is 4.76. The lowest BCUT2D eigenvalue weighted by molar-refractivity contribution is 0.0993. The zero-order chi connectivity index (χ0) is 14.8. The van der Waals surface area contributed by atoms with Gasteiger partial charge in [0.05, 0.1) is 10.0 Å². The van der Waals surface area contributed by atoms with Crippen LogP contribution in [0, 0.1) is 0 Å². The fourth-order valence-corrected chi connectivity index (χ4v) is 3.16. The SMILES string of the molecule is O=C(Cc1ccc(Cl)c(Cl)c1)c1ccc2c(c1)CCCC2. The minimum atomic E-state index is 0.127. The number of aryl methyl sites for hydroxylation is 2. The molecule has 0 unspecified atom stereocenters. The fourth-order valence-electron chi connectivity index (χ4n) is 2.84. The van der Waals surface area contributed by atoms with Crippen LogP contribution in [0.15, 0.2) is 36.4 Å². The molecule has 0 spiro atoms. The van der Waals surface area contributed by atoms with Crippen molar-refractivity contribution in [2.75, 3.05) is 0 Å². The molecular formula is C18H16Cl2O. The van der Waals surface area contributed by atoms with E-state index in [-0.39, 0.29) is 5.78 Å². The molecular weight excluding hydrogens is 303 g/mol. The molecule has 0 atom stereocenters. The van der Waals surface area contributed by atoms with Gasteiger partial charge >= 0.3 is 0 Å². The summed E-state index contributed by atoms with van der Waals surface area (Å²) in [5.41, 5.74) is 4.42. The second kappa shape index (κ2) is 6.21. The van der Waals surface area contributed by atoms with Crippen LogP contribution in [0.2, 0.25) is 10.0 Å². The molecule has 2 aromatic rings. The second-order valence-corrected chi connectivity index (χ2v) is 6.35. The summed E-state index contributed by atoms with van der Waals surface area (Å²) in [6.07, 6.45) is 5.05. The van der Waals surface area contributed by atoms with Crippen LogP contribution in [-0.4, -0.2) is 5.78 Å². The zero-order valence-electron chi connectivity index (χ0n) is 11.7. The standard InChI is InChI=1S/C18H16Cl2O/c19-16-8-5-12(9-17(16)20)10-18(21)15-7-6-13-3-1-2-4-14(13)11-15/h5-9,11H,1-4,10H2. The molecule has 0 saturated carbocycles. The summed E-state index contributed by atoms with van der Waals surface area (Å²) in [4.78, 5) is 12.4. The van der Waals surface area contributed by atoms with Gasteiger partial charge in [-0.05, 0) is 60.6 Å². The molecule has 0 N–H and O–H groups in total. The predicted octanol–water partition coefficient (Wildman–Crippen LogP) is 5.30. The van der Waals surface area contributed by atoms with E-state index in [1.807, 2.05) is 12.1 Å². The molecule has 0 radical (unpaired) electrons. The highest BCUT2D eigenvalue weighted by molar-refractivity contribution is 6.42. The summed E-state index contributed by atoms with van der Waals surface area (Å²) in [5.74, 6) is 0.127. The second-order valence-electron chi connectivity index (χ2n) is 5.54. The minimum Gasteiger partial charge on any atom is -0.294 e. The van der Waals surface area contributed by atoms with Crippen molar-refractivity contribution in [3.63, 3.8) is 0 Å². The maximum absolute atomic E-state index is 12.4. The molecule has 2 aromatic carbocycles. The van der Waals surface area contributed by atoms with Gasteiger partial charge in [0.1, 0.15) is 0 Å². The summed E-state index contributed by atoms with van der Waals surface area (Å²) in [5, 5.41) is 1.01. The first-order valence-corrected chi connectivity index (χ1v) is 7.98. The molecule has 0 amide bonds. The summed E-state index contributed by atoms with van der Waals surface area (Å²) in [7, 11) is 0. The topological polar surface area (TPSA) is 17.1 Å². The molecule has 1 aliphatic rings. The van der Waals surface area contributed by atoms with Gasteiger partial charge in [0.15, 0.2) is 5.78 Å².